The van der Waals surface area contributed by atoms with E-state index in [9.17, 15) is 4.79 Å². The Morgan fingerprint density at radius 1 is 1.59 bits per heavy atom. The zero-order valence-corrected chi connectivity index (χ0v) is 11.6. The van der Waals surface area contributed by atoms with Gasteiger partial charge in [0.15, 0.2) is 5.16 Å². The molecule has 0 aromatic carbocycles. The average molecular weight is 255 g/mol. The van der Waals surface area contributed by atoms with Crippen LogP contribution in [0.15, 0.2) is 16.0 Å². The van der Waals surface area contributed by atoms with Crippen LogP contribution in [0.2, 0.25) is 0 Å². The van der Waals surface area contributed by atoms with E-state index in [2.05, 4.69) is 29.1 Å². The molecular weight excluding hydrogens is 234 g/mol. The molecule has 0 saturated carbocycles. The van der Waals surface area contributed by atoms with Crippen LogP contribution >= 0.6 is 11.8 Å². The third-order valence-corrected chi connectivity index (χ3v) is 3.38. The molecule has 17 heavy (non-hydrogen) atoms. The lowest BCUT2D eigenvalue weighted by atomic mass is 10.2. The van der Waals surface area contributed by atoms with Crippen molar-refractivity contribution < 1.29 is 0 Å². The standard InChI is InChI=1S/C12H21N3OS/c1-4-13-9(2)6-5-7-17-12-14-10(3)8-11(16)15-12/h8-9,13H,4-7H2,1-3H3,(H,14,15,16). The van der Waals surface area contributed by atoms with Crippen molar-refractivity contribution in [2.24, 2.45) is 0 Å². The molecule has 5 heteroatoms. The second-order valence-corrected chi connectivity index (χ2v) is 5.22. The van der Waals surface area contributed by atoms with E-state index in [1.165, 1.54) is 6.07 Å². The fourth-order valence-electron chi connectivity index (χ4n) is 1.63. The lowest BCUT2D eigenvalue weighted by Crippen LogP contribution is -2.25. The molecule has 0 bridgehead atoms. The van der Waals surface area contributed by atoms with E-state index >= 15 is 0 Å². The molecule has 0 spiro atoms. The van der Waals surface area contributed by atoms with Gasteiger partial charge in [-0.25, -0.2) is 4.98 Å². The van der Waals surface area contributed by atoms with Gasteiger partial charge in [-0.05, 0) is 33.2 Å². The van der Waals surface area contributed by atoms with E-state index in [1.807, 2.05) is 6.92 Å². The van der Waals surface area contributed by atoms with E-state index in [1.54, 1.807) is 11.8 Å². The number of thioether (sulfide) groups is 1. The van der Waals surface area contributed by atoms with Gasteiger partial charge in [0.2, 0.25) is 0 Å². The van der Waals surface area contributed by atoms with Crippen molar-refractivity contribution in [2.45, 2.75) is 44.8 Å². The van der Waals surface area contributed by atoms with E-state index in [0.29, 0.717) is 6.04 Å². The Hall–Kier alpha value is -0.810. The van der Waals surface area contributed by atoms with Crippen LogP contribution in [0.25, 0.3) is 0 Å². The minimum Gasteiger partial charge on any atom is -0.315 e. The topological polar surface area (TPSA) is 57.8 Å². The summed E-state index contributed by atoms with van der Waals surface area (Å²) >= 11 is 1.61. The van der Waals surface area contributed by atoms with Crippen LogP contribution in [0.4, 0.5) is 0 Å². The highest BCUT2D eigenvalue weighted by Gasteiger charge is 2.02. The fraction of sp³-hybridized carbons (Fsp3) is 0.667. The quantitative estimate of drug-likeness (QED) is 0.444. The van der Waals surface area contributed by atoms with Gasteiger partial charge in [-0.3, -0.25) is 4.79 Å². The van der Waals surface area contributed by atoms with Crippen LogP contribution in [-0.2, 0) is 0 Å². The molecule has 0 amide bonds. The zero-order chi connectivity index (χ0) is 12.7. The van der Waals surface area contributed by atoms with Gasteiger partial charge in [-0.2, -0.15) is 0 Å². The molecule has 1 atom stereocenters. The molecule has 96 valence electrons. The third-order valence-electron chi connectivity index (χ3n) is 2.42. The molecule has 1 unspecified atom stereocenters. The van der Waals surface area contributed by atoms with E-state index in [4.69, 9.17) is 0 Å². The summed E-state index contributed by atoms with van der Waals surface area (Å²) in [6.45, 7) is 7.17. The molecule has 1 rings (SSSR count). The maximum Gasteiger partial charge on any atom is 0.251 e. The number of rotatable bonds is 7. The molecule has 0 aliphatic heterocycles. The van der Waals surface area contributed by atoms with Crippen molar-refractivity contribution in [3.05, 3.63) is 22.1 Å². The highest BCUT2D eigenvalue weighted by atomic mass is 32.2. The molecule has 0 fully saturated rings. The van der Waals surface area contributed by atoms with Crippen molar-refractivity contribution in [3.8, 4) is 0 Å². The Kier molecular flexibility index (Phi) is 6.29. The summed E-state index contributed by atoms with van der Waals surface area (Å²) in [5.41, 5.74) is 0.707. The lowest BCUT2D eigenvalue weighted by Gasteiger charge is -2.11. The summed E-state index contributed by atoms with van der Waals surface area (Å²) < 4.78 is 0. The number of aromatic amines is 1. The highest BCUT2D eigenvalue weighted by molar-refractivity contribution is 7.99. The molecule has 0 aliphatic rings. The maximum absolute atomic E-state index is 11.2. The van der Waals surface area contributed by atoms with Gasteiger partial charge in [-0.1, -0.05) is 18.7 Å². The molecule has 0 saturated heterocycles. The Bertz CT molecular complexity index is 392. The maximum atomic E-state index is 11.2. The van der Waals surface area contributed by atoms with Crippen molar-refractivity contribution in [1.29, 1.82) is 0 Å². The minimum atomic E-state index is -0.0685. The molecule has 4 nitrogen and oxygen atoms in total. The predicted octanol–water partition coefficient (Wildman–Crippen LogP) is 1.95. The van der Waals surface area contributed by atoms with Gasteiger partial charge < -0.3 is 10.3 Å². The Labute approximate surface area is 107 Å². The molecule has 0 radical (unpaired) electrons. The van der Waals surface area contributed by atoms with Crippen molar-refractivity contribution in [2.75, 3.05) is 12.3 Å². The summed E-state index contributed by atoms with van der Waals surface area (Å²) in [7, 11) is 0. The zero-order valence-electron chi connectivity index (χ0n) is 10.7. The summed E-state index contributed by atoms with van der Waals surface area (Å²) in [5, 5.41) is 4.11. The van der Waals surface area contributed by atoms with Crippen LogP contribution in [-0.4, -0.2) is 28.3 Å². The summed E-state index contributed by atoms with van der Waals surface area (Å²) in [6, 6.07) is 2.07. The molecular formula is C12H21N3OS. The van der Waals surface area contributed by atoms with Crippen molar-refractivity contribution in [1.82, 2.24) is 15.3 Å². The highest BCUT2D eigenvalue weighted by Crippen LogP contribution is 2.13. The number of nitrogens with one attached hydrogen (secondary N) is 2. The smallest absolute Gasteiger partial charge is 0.251 e. The minimum absolute atomic E-state index is 0.0685. The summed E-state index contributed by atoms with van der Waals surface area (Å²) in [4.78, 5) is 18.2. The fourth-order valence-corrected chi connectivity index (χ4v) is 2.51. The SMILES string of the molecule is CCNC(C)CCCSc1nc(C)cc(=O)[nH]1. The number of aromatic nitrogens is 2. The predicted molar refractivity (Wildman–Crippen MR) is 72.7 cm³/mol. The second-order valence-electron chi connectivity index (χ2n) is 4.14. The molecule has 1 heterocycles. The first-order chi connectivity index (χ1) is 8.11. The van der Waals surface area contributed by atoms with Crippen LogP contribution in [0.5, 0.6) is 0 Å². The van der Waals surface area contributed by atoms with Crippen molar-refractivity contribution in [3.63, 3.8) is 0 Å². The summed E-state index contributed by atoms with van der Waals surface area (Å²) in [5.74, 6) is 0.988. The molecule has 0 aliphatic carbocycles. The molecule has 1 aromatic heterocycles. The van der Waals surface area contributed by atoms with Gasteiger partial charge in [-0.15, -0.1) is 0 Å². The Morgan fingerprint density at radius 2 is 2.35 bits per heavy atom. The number of nitrogens with zero attached hydrogens (tertiary/aromatic N) is 1. The summed E-state index contributed by atoms with van der Waals surface area (Å²) in [6.07, 6.45) is 2.27. The molecule has 1 aromatic rings. The first-order valence-corrected chi connectivity index (χ1v) is 7.04. The van der Waals surface area contributed by atoms with E-state index < -0.39 is 0 Å². The largest absolute Gasteiger partial charge is 0.315 e. The number of hydrogen-bond donors (Lipinski definition) is 2. The van der Waals surface area contributed by atoms with Gasteiger partial charge in [0.05, 0.1) is 0 Å². The molecule has 2 N–H and O–H groups in total. The number of aryl methyl sites for hydroxylation is 1. The van der Waals surface area contributed by atoms with Crippen LogP contribution in [0, 0.1) is 6.92 Å². The lowest BCUT2D eigenvalue weighted by molar-refractivity contribution is 0.526. The van der Waals surface area contributed by atoms with Gasteiger partial charge in [0.25, 0.3) is 5.56 Å². The third kappa shape index (κ3) is 5.89. The monoisotopic (exact) mass is 255 g/mol. The Morgan fingerprint density at radius 3 is 3.00 bits per heavy atom. The first-order valence-electron chi connectivity index (χ1n) is 6.06. The number of H-pyrrole nitrogens is 1. The van der Waals surface area contributed by atoms with Gasteiger partial charge >= 0.3 is 0 Å². The van der Waals surface area contributed by atoms with Gasteiger partial charge in [0.1, 0.15) is 0 Å². The average Bonchev–Trinajstić information content (AvgIpc) is 2.23. The number of hydrogen-bond acceptors (Lipinski definition) is 4. The van der Waals surface area contributed by atoms with E-state index in [0.717, 1.165) is 36.0 Å². The Balaban J connectivity index is 2.29. The normalized spacial score (nSPS) is 12.6. The van der Waals surface area contributed by atoms with Crippen molar-refractivity contribution >= 4 is 11.8 Å². The van der Waals surface area contributed by atoms with E-state index in [-0.39, 0.29) is 5.56 Å². The van der Waals surface area contributed by atoms with Crippen LogP contribution in [0.3, 0.4) is 0 Å². The van der Waals surface area contributed by atoms with Gasteiger partial charge in [0, 0.05) is 23.6 Å². The second kappa shape index (κ2) is 7.50. The first kappa shape index (κ1) is 14.3. The van der Waals surface area contributed by atoms with Crippen LogP contribution in [0.1, 0.15) is 32.4 Å². The van der Waals surface area contributed by atoms with Crippen LogP contribution < -0.4 is 10.9 Å².